The van der Waals surface area contributed by atoms with E-state index in [2.05, 4.69) is 38.1 Å². The van der Waals surface area contributed by atoms with Crippen molar-refractivity contribution >= 4 is 20.3 Å². The van der Waals surface area contributed by atoms with E-state index >= 15 is 0 Å². The van der Waals surface area contributed by atoms with Gasteiger partial charge in [0.1, 0.15) is 0 Å². The van der Waals surface area contributed by atoms with Crippen LogP contribution in [0.5, 0.6) is 5.75 Å². The van der Waals surface area contributed by atoms with Gasteiger partial charge in [-0.25, -0.2) is 0 Å². The maximum absolute atomic E-state index is 11.6. The third-order valence-electron chi connectivity index (χ3n) is 6.60. The molecule has 3 nitrogen and oxygen atoms in total. The van der Waals surface area contributed by atoms with Crippen LogP contribution in [0.15, 0.2) is 36.4 Å². The summed E-state index contributed by atoms with van der Waals surface area (Å²) in [5, 5.41) is 9.16. The molecule has 0 fully saturated rings. The van der Waals surface area contributed by atoms with Crippen molar-refractivity contribution in [2.24, 2.45) is 0 Å². The molecule has 0 atom stereocenters. The first kappa shape index (κ1) is 22.8. The predicted molar refractivity (Wildman–Crippen MR) is 125 cm³/mol. The van der Waals surface area contributed by atoms with Crippen LogP contribution in [0.3, 0.4) is 0 Å². The normalized spacial score (nSPS) is 13.4. The second-order valence-electron chi connectivity index (χ2n) is 8.56. The summed E-state index contributed by atoms with van der Waals surface area (Å²) in [4.78, 5) is 0. The number of hydrogen-bond donors (Lipinski definition) is 1. The van der Waals surface area contributed by atoms with E-state index in [0.717, 1.165) is 33.1 Å². The van der Waals surface area contributed by atoms with Crippen LogP contribution in [0.2, 0.25) is 0 Å². The average molecular weight is 403 g/mol. The van der Waals surface area contributed by atoms with Crippen LogP contribution in [-0.2, 0) is 10.1 Å². The van der Waals surface area contributed by atoms with E-state index in [-0.39, 0.29) is 5.41 Å². The molecule has 0 bridgehead atoms. The summed E-state index contributed by atoms with van der Waals surface area (Å²) < 4.78 is 16.9. The SMILES string of the molecule is CCCCCCC1(CCCCCC)c2cc(B=O)ccc2-c2ccc(O[B]O)cc21. The van der Waals surface area contributed by atoms with Crippen LogP contribution in [0.25, 0.3) is 11.1 Å². The molecule has 30 heavy (non-hydrogen) atoms. The Kier molecular flexibility index (Phi) is 8.32. The van der Waals surface area contributed by atoms with Crippen LogP contribution in [-0.4, -0.2) is 19.9 Å². The van der Waals surface area contributed by atoms with Crippen molar-refractivity contribution in [3.63, 3.8) is 0 Å². The number of fused-ring (bicyclic) bond motifs is 3. The van der Waals surface area contributed by atoms with Gasteiger partial charge in [0, 0.05) is 0 Å². The zero-order valence-corrected chi connectivity index (χ0v) is 18.5. The summed E-state index contributed by atoms with van der Waals surface area (Å²) in [6.45, 7) is 4.48. The van der Waals surface area contributed by atoms with Crippen molar-refractivity contribution < 1.29 is 14.4 Å². The molecule has 157 valence electrons. The van der Waals surface area contributed by atoms with Crippen molar-refractivity contribution in [3.8, 4) is 16.9 Å². The van der Waals surface area contributed by atoms with E-state index in [1.165, 1.54) is 73.6 Å². The molecule has 1 aliphatic carbocycles. The molecule has 0 aliphatic heterocycles. The van der Waals surface area contributed by atoms with Gasteiger partial charge in [0.15, 0.2) is 0 Å². The molecular formula is C25H33B2O3. The Morgan fingerprint density at radius 2 is 1.43 bits per heavy atom. The number of hydrogen-bond acceptors (Lipinski definition) is 3. The van der Waals surface area contributed by atoms with Gasteiger partial charge in [-0.1, -0.05) is 0 Å². The Labute approximate surface area is 182 Å². The standard InChI is InChI=1S/C25H33B2O3/c1-3-5-7-9-15-25(16-10-8-6-4-2)23-17-19(26-28)11-13-21(23)22-14-12-20(30-27-29)18-24(22)25/h11-14,17-18,29H,3-10,15-16H2,1-2H3. The number of rotatable bonds is 13. The monoisotopic (exact) mass is 403 g/mol. The van der Waals surface area contributed by atoms with Crippen molar-refractivity contribution in [3.05, 3.63) is 47.5 Å². The summed E-state index contributed by atoms with van der Waals surface area (Å²) in [5.41, 5.74) is 5.70. The zero-order chi connectivity index (χ0) is 21.4. The quantitative estimate of drug-likeness (QED) is 0.356. The first-order chi connectivity index (χ1) is 14.7. The Bertz CT molecular complexity index is 838. The van der Waals surface area contributed by atoms with Gasteiger partial charge in [0.05, 0.1) is 0 Å². The minimum absolute atomic E-state index is 0.0972. The average Bonchev–Trinajstić information content (AvgIpc) is 3.03. The molecule has 3 rings (SSSR count). The molecule has 0 aromatic heterocycles. The molecule has 2 aromatic carbocycles. The molecule has 0 heterocycles. The molecule has 0 saturated carbocycles. The van der Waals surface area contributed by atoms with Crippen molar-refractivity contribution in [2.75, 3.05) is 0 Å². The first-order valence-electron chi connectivity index (χ1n) is 11.6. The van der Waals surface area contributed by atoms with E-state index in [9.17, 15) is 4.70 Å². The van der Waals surface area contributed by atoms with Crippen molar-refractivity contribution in [1.82, 2.24) is 0 Å². The van der Waals surface area contributed by atoms with Crippen LogP contribution in [0.1, 0.15) is 89.2 Å². The first-order valence-corrected chi connectivity index (χ1v) is 11.6. The molecule has 5 heteroatoms. The second kappa shape index (κ2) is 10.9. The van der Waals surface area contributed by atoms with Gasteiger partial charge in [0.25, 0.3) is 0 Å². The summed E-state index contributed by atoms with van der Waals surface area (Å²) >= 11 is 0. The van der Waals surface area contributed by atoms with Gasteiger partial charge in [-0.3, -0.25) is 0 Å². The van der Waals surface area contributed by atoms with Gasteiger partial charge in [-0.2, -0.15) is 0 Å². The van der Waals surface area contributed by atoms with Crippen LogP contribution in [0.4, 0.5) is 0 Å². The molecule has 1 aliphatic rings. The molecule has 0 spiro atoms. The molecular weight excluding hydrogens is 370 g/mol. The third-order valence-corrected chi connectivity index (χ3v) is 6.60. The van der Waals surface area contributed by atoms with Crippen molar-refractivity contribution in [2.45, 2.75) is 83.5 Å². The summed E-state index contributed by atoms with van der Waals surface area (Å²) in [6, 6.07) is 12.3. The van der Waals surface area contributed by atoms with Crippen LogP contribution in [0, 0.1) is 0 Å². The maximum atomic E-state index is 11.6. The van der Waals surface area contributed by atoms with Crippen molar-refractivity contribution in [1.29, 1.82) is 0 Å². The summed E-state index contributed by atoms with van der Waals surface area (Å²) in [7, 11) is 1.70. The molecule has 0 unspecified atom stereocenters. The Hall–Kier alpha value is -1.87. The van der Waals surface area contributed by atoms with Gasteiger partial charge < -0.3 is 0 Å². The number of benzene rings is 2. The minimum atomic E-state index is -0.0972. The Morgan fingerprint density at radius 3 is 2.00 bits per heavy atom. The summed E-state index contributed by atoms with van der Waals surface area (Å²) in [6.07, 6.45) is 11.9. The molecule has 0 amide bonds. The van der Waals surface area contributed by atoms with Crippen LogP contribution < -0.4 is 10.1 Å². The predicted octanol–water partition coefficient (Wildman–Crippen LogP) is 5.47. The van der Waals surface area contributed by atoms with Gasteiger partial charge in [-0.05, 0) is 0 Å². The fraction of sp³-hybridized carbons (Fsp3) is 0.520. The van der Waals surface area contributed by atoms with E-state index in [1.54, 1.807) is 0 Å². The topological polar surface area (TPSA) is 46.5 Å². The van der Waals surface area contributed by atoms with E-state index in [0.29, 0.717) is 5.75 Å². The van der Waals surface area contributed by atoms with Gasteiger partial charge >= 0.3 is 183 Å². The fourth-order valence-corrected chi connectivity index (χ4v) is 5.07. The number of unbranched alkanes of at least 4 members (excludes halogenated alkanes) is 6. The van der Waals surface area contributed by atoms with E-state index < -0.39 is 0 Å². The van der Waals surface area contributed by atoms with E-state index in [1.807, 2.05) is 12.1 Å². The molecule has 0 saturated heterocycles. The van der Waals surface area contributed by atoms with Gasteiger partial charge in [-0.15, -0.1) is 0 Å². The van der Waals surface area contributed by atoms with Gasteiger partial charge in [0.2, 0.25) is 0 Å². The molecule has 2 aromatic rings. The molecule has 1 radical (unpaired) electrons. The summed E-state index contributed by atoms with van der Waals surface area (Å²) in [5.74, 6) is 0.658. The Morgan fingerprint density at radius 1 is 0.833 bits per heavy atom. The van der Waals surface area contributed by atoms with E-state index in [4.69, 9.17) is 9.68 Å². The molecule has 1 N–H and O–H groups in total. The van der Waals surface area contributed by atoms with Crippen LogP contribution >= 0.6 is 0 Å². The Balaban J connectivity index is 2.08. The fourth-order valence-electron chi connectivity index (χ4n) is 5.07. The third kappa shape index (κ3) is 4.72. The second-order valence-corrected chi connectivity index (χ2v) is 8.56. The zero-order valence-electron chi connectivity index (χ0n) is 18.5.